The molecule has 1 aromatic rings. The third-order valence-electron chi connectivity index (χ3n) is 1.76. The van der Waals surface area contributed by atoms with Crippen LogP contribution < -0.4 is 0 Å². The molecule has 0 saturated carbocycles. The Hall–Kier alpha value is -1.37. The molecule has 1 aromatic carbocycles. The molecule has 0 unspecified atom stereocenters. The number of carbonyl (C=O) groups is 1. The highest BCUT2D eigenvalue weighted by molar-refractivity contribution is 5.93. The Bertz CT molecular complexity index is 285. The SMILES string of the molecule is CC.CCCC(=O)/C=C/c1ccccc1. The lowest BCUT2D eigenvalue weighted by molar-refractivity contribution is -0.114. The Labute approximate surface area is 92.8 Å². The van der Waals surface area contributed by atoms with Crippen molar-refractivity contribution in [3.05, 3.63) is 42.0 Å². The van der Waals surface area contributed by atoms with E-state index in [4.69, 9.17) is 0 Å². The van der Waals surface area contributed by atoms with E-state index in [0.29, 0.717) is 6.42 Å². The van der Waals surface area contributed by atoms with E-state index in [1.54, 1.807) is 6.08 Å². The Morgan fingerprint density at radius 1 is 1.20 bits per heavy atom. The van der Waals surface area contributed by atoms with E-state index in [1.807, 2.05) is 57.2 Å². The van der Waals surface area contributed by atoms with Crippen LogP contribution in [0.25, 0.3) is 6.08 Å². The second kappa shape index (κ2) is 9.20. The minimum absolute atomic E-state index is 0.200. The first-order valence-corrected chi connectivity index (χ1v) is 5.59. The number of ketones is 1. The summed E-state index contributed by atoms with van der Waals surface area (Å²) in [5.41, 5.74) is 1.08. The molecule has 82 valence electrons. The fraction of sp³-hybridized carbons (Fsp3) is 0.357. The van der Waals surface area contributed by atoms with E-state index in [2.05, 4.69) is 0 Å². The third-order valence-corrected chi connectivity index (χ3v) is 1.76. The zero-order chi connectivity index (χ0) is 11.5. The number of carbonyl (C=O) groups excluding carboxylic acids is 1. The van der Waals surface area contributed by atoms with Crippen LogP contribution in [0.5, 0.6) is 0 Å². The summed E-state index contributed by atoms with van der Waals surface area (Å²) in [5, 5.41) is 0. The molecule has 0 atom stereocenters. The maximum absolute atomic E-state index is 11.1. The van der Waals surface area contributed by atoms with Crippen molar-refractivity contribution in [1.82, 2.24) is 0 Å². The van der Waals surface area contributed by atoms with Crippen LogP contribution in [0.1, 0.15) is 39.2 Å². The van der Waals surface area contributed by atoms with Crippen LogP contribution >= 0.6 is 0 Å². The standard InChI is InChI=1S/C12H14O.C2H6/c1-2-6-12(13)10-9-11-7-4-3-5-8-11;1-2/h3-5,7-10H,2,6H2,1H3;1-2H3/b10-9+;. The normalized spacial score (nSPS) is 9.53. The molecule has 1 rings (SSSR count). The van der Waals surface area contributed by atoms with Gasteiger partial charge in [0.1, 0.15) is 0 Å². The fourth-order valence-electron chi connectivity index (χ4n) is 1.08. The van der Waals surface area contributed by atoms with Gasteiger partial charge < -0.3 is 0 Å². The van der Waals surface area contributed by atoms with Crippen LogP contribution in [0.15, 0.2) is 36.4 Å². The van der Waals surface area contributed by atoms with Crippen LogP contribution in [0.4, 0.5) is 0 Å². The maximum atomic E-state index is 11.1. The number of rotatable bonds is 4. The van der Waals surface area contributed by atoms with Gasteiger partial charge in [0.25, 0.3) is 0 Å². The number of benzene rings is 1. The van der Waals surface area contributed by atoms with Gasteiger partial charge in [-0.05, 0) is 18.1 Å². The molecule has 0 aliphatic carbocycles. The predicted octanol–water partition coefficient (Wildman–Crippen LogP) is 4.10. The summed E-state index contributed by atoms with van der Waals surface area (Å²) in [4.78, 5) is 11.1. The van der Waals surface area contributed by atoms with Crippen molar-refractivity contribution < 1.29 is 4.79 Å². The smallest absolute Gasteiger partial charge is 0.155 e. The maximum Gasteiger partial charge on any atom is 0.155 e. The summed E-state index contributed by atoms with van der Waals surface area (Å²) in [7, 11) is 0. The monoisotopic (exact) mass is 204 g/mol. The van der Waals surface area contributed by atoms with Crippen molar-refractivity contribution in [3.63, 3.8) is 0 Å². The van der Waals surface area contributed by atoms with Gasteiger partial charge in [-0.15, -0.1) is 0 Å². The van der Waals surface area contributed by atoms with E-state index in [1.165, 1.54) is 0 Å². The highest BCUT2D eigenvalue weighted by atomic mass is 16.1. The van der Waals surface area contributed by atoms with Crippen molar-refractivity contribution in [2.75, 3.05) is 0 Å². The Morgan fingerprint density at radius 3 is 2.33 bits per heavy atom. The summed E-state index contributed by atoms with van der Waals surface area (Å²) in [6.45, 7) is 6.01. The summed E-state index contributed by atoms with van der Waals surface area (Å²) in [5.74, 6) is 0.200. The van der Waals surface area contributed by atoms with Gasteiger partial charge in [-0.3, -0.25) is 4.79 Å². The Balaban J connectivity index is 0.000000921. The first-order valence-electron chi connectivity index (χ1n) is 5.59. The average molecular weight is 204 g/mol. The lowest BCUT2D eigenvalue weighted by Gasteiger charge is -1.91. The van der Waals surface area contributed by atoms with Gasteiger partial charge in [-0.25, -0.2) is 0 Å². The zero-order valence-corrected chi connectivity index (χ0v) is 9.86. The van der Waals surface area contributed by atoms with Crippen LogP contribution in [0, 0.1) is 0 Å². The van der Waals surface area contributed by atoms with Crippen LogP contribution in [-0.4, -0.2) is 5.78 Å². The van der Waals surface area contributed by atoms with Crippen LogP contribution in [0.2, 0.25) is 0 Å². The number of allylic oxidation sites excluding steroid dienone is 1. The van der Waals surface area contributed by atoms with Gasteiger partial charge in [0.15, 0.2) is 5.78 Å². The molecule has 0 saturated heterocycles. The van der Waals surface area contributed by atoms with Crippen molar-refractivity contribution in [3.8, 4) is 0 Å². The van der Waals surface area contributed by atoms with Gasteiger partial charge in [0.2, 0.25) is 0 Å². The highest BCUT2D eigenvalue weighted by Crippen LogP contribution is 2.01. The lowest BCUT2D eigenvalue weighted by Crippen LogP contribution is -1.89. The van der Waals surface area contributed by atoms with Crippen molar-refractivity contribution in [1.29, 1.82) is 0 Å². The molecule has 1 nitrogen and oxygen atoms in total. The number of hydrogen-bond acceptors (Lipinski definition) is 1. The van der Waals surface area contributed by atoms with Gasteiger partial charge >= 0.3 is 0 Å². The lowest BCUT2D eigenvalue weighted by atomic mass is 10.1. The van der Waals surface area contributed by atoms with E-state index < -0.39 is 0 Å². The molecule has 0 aliphatic rings. The molecule has 0 aromatic heterocycles. The predicted molar refractivity (Wildman–Crippen MR) is 66.7 cm³/mol. The van der Waals surface area contributed by atoms with Crippen molar-refractivity contribution in [2.24, 2.45) is 0 Å². The molecular weight excluding hydrogens is 184 g/mol. The van der Waals surface area contributed by atoms with Crippen molar-refractivity contribution >= 4 is 11.9 Å². The molecule has 0 fully saturated rings. The van der Waals surface area contributed by atoms with Gasteiger partial charge in [0, 0.05) is 6.42 Å². The summed E-state index contributed by atoms with van der Waals surface area (Å²) < 4.78 is 0. The topological polar surface area (TPSA) is 17.1 Å². The van der Waals surface area contributed by atoms with Gasteiger partial charge in [-0.1, -0.05) is 57.2 Å². The molecule has 1 heteroatoms. The first kappa shape index (κ1) is 13.6. The average Bonchev–Trinajstić information content (AvgIpc) is 2.31. The molecule has 0 N–H and O–H groups in total. The second-order valence-electron chi connectivity index (χ2n) is 2.96. The van der Waals surface area contributed by atoms with E-state index >= 15 is 0 Å². The van der Waals surface area contributed by atoms with E-state index in [0.717, 1.165) is 12.0 Å². The highest BCUT2D eigenvalue weighted by Gasteiger charge is 1.92. The minimum atomic E-state index is 0.200. The van der Waals surface area contributed by atoms with Crippen LogP contribution in [-0.2, 0) is 4.79 Å². The molecule has 0 bridgehead atoms. The zero-order valence-electron chi connectivity index (χ0n) is 9.86. The molecular formula is C14H20O. The van der Waals surface area contributed by atoms with Crippen molar-refractivity contribution in [2.45, 2.75) is 33.6 Å². The van der Waals surface area contributed by atoms with E-state index in [9.17, 15) is 4.79 Å². The minimum Gasteiger partial charge on any atom is -0.295 e. The molecule has 0 spiro atoms. The molecule has 0 heterocycles. The Morgan fingerprint density at radius 2 is 1.80 bits per heavy atom. The second-order valence-corrected chi connectivity index (χ2v) is 2.96. The third kappa shape index (κ3) is 6.67. The van der Waals surface area contributed by atoms with E-state index in [-0.39, 0.29) is 5.78 Å². The summed E-state index contributed by atoms with van der Waals surface area (Å²) >= 11 is 0. The quantitative estimate of drug-likeness (QED) is 0.675. The van der Waals surface area contributed by atoms with Crippen LogP contribution in [0.3, 0.4) is 0 Å². The fourth-order valence-corrected chi connectivity index (χ4v) is 1.08. The summed E-state index contributed by atoms with van der Waals surface area (Å²) in [6.07, 6.45) is 5.07. The largest absolute Gasteiger partial charge is 0.295 e. The molecule has 0 aliphatic heterocycles. The molecule has 15 heavy (non-hydrogen) atoms. The van der Waals surface area contributed by atoms with Gasteiger partial charge in [-0.2, -0.15) is 0 Å². The van der Waals surface area contributed by atoms with Gasteiger partial charge in [0.05, 0.1) is 0 Å². The first-order chi connectivity index (χ1) is 7.33. The summed E-state index contributed by atoms with van der Waals surface area (Å²) in [6, 6.07) is 9.85. The Kier molecular flexibility index (Phi) is 8.36. The molecule has 0 radical (unpaired) electrons. The molecule has 0 amide bonds. The number of hydrogen-bond donors (Lipinski definition) is 0.